The van der Waals surface area contributed by atoms with Crippen LogP contribution in [0.1, 0.15) is 18.9 Å². The number of rotatable bonds is 9. The maximum atomic E-state index is 12.2. The number of carbonyl (C=O) groups excluding carboxylic acids is 1. The van der Waals surface area contributed by atoms with Gasteiger partial charge in [-0.25, -0.2) is 0 Å². The van der Waals surface area contributed by atoms with Gasteiger partial charge in [-0.3, -0.25) is 4.79 Å². The van der Waals surface area contributed by atoms with E-state index in [2.05, 4.69) is 19.1 Å². The van der Waals surface area contributed by atoms with Crippen molar-refractivity contribution in [1.82, 2.24) is 4.90 Å². The quantitative estimate of drug-likeness (QED) is 0.758. The predicted octanol–water partition coefficient (Wildman–Crippen LogP) is 2.41. The van der Waals surface area contributed by atoms with Gasteiger partial charge in [0.1, 0.15) is 5.75 Å². The van der Waals surface area contributed by atoms with E-state index >= 15 is 0 Å². The summed E-state index contributed by atoms with van der Waals surface area (Å²) in [5.74, 6) is 2.21. The highest BCUT2D eigenvalue weighted by atomic mass is 32.2. The zero-order valence-electron chi connectivity index (χ0n) is 14.0. The van der Waals surface area contributed by atoms with Gasteiger partial charge in [0.05, 0.1) is 13.2 Å². The van der Waals surface area contributed by atoms with Gasteiger partial charge in [0.2, 0.25) is 5.91 Å². The minimum absolute atomic E-state index is 0.0376. The van der Waals surface area contributed by atoms with Crippen molar-refractivity contribution in [2.45, 2.75) is 25.8 Å². The highest BCUT2D eigenvalue weighted by Crippen LogP contribution is 2.15. The lowest BCUT2D eigenvalue weighted by atomic mass is 10.0. The average molecular weight is 324 g/mol. The molecule has 22 heavy (non-hydrogen) atoms. The van der Waals surface area contributed by atoms with Crippen molar-refractivity contribution >= 4 is 17.7 Å². The summed E-state index contributed by atoms with van der Waals surface area (Å²) >= 11 is 1.72. The first kappa shape index (κ1) is 18.8. The fourth-order valence-corrected chi connectivity index (χ4v) is 2.93. The number of hydrogen-bond acceptors (Lipinski definition) is 4. The summed E-state index contributed by atoms with van der Waals surface area (Å²) in [5, 5.41) is 0. The van der Waals surface area contributed by atoms with Crippen LogP contribution in [0.2, 0.25) is 0 Å². The summed E-state index contributed by atoms with van der Waals surface area (Å²) in [5.41, 5.74) is 7.20. The first-order valence-corrected chi connectivity index (χ1v) is 8.99. The van der Waals surface area contributed by atoms with Crippen LogP contribution in [0.5, 0.6) is 5.75 Å². The van der Waals surface area contributed by atoms with Gasteiger partial charge >= 0.3 is 0 Å². The maximum Gasteiger partial charge on any atom is 0.239 e. The van der Waals surface area contributed by atoms with Crippen LogP contribution in [-0.4, -0.2) is 49.6 Å². The van der Waals surface area contributed by atoms with Gasteiger partial charge < -0.3 is 15.4 Å². The van der Waals surface area contributed by atoms with Crippen LogP contribution < -0.4 is 10.5 Å². The lowest BCUT2D eigenvalue weighted by Gasteiger charge is -2.24. The third kappa shape index (κ3) is 6.28. The van der Waals surface area contributed by atoms with E-state index in [1.54, 1.807) is 23.8 Å². The molecule has 0 aliphatic heterocycles. The molecule has 124 valence electrons. The Labute approximate surface area is 138 Å². The van der Waals surface area contributed by atoms with Gasteiger partial charge in [0, 0.05) is 13.6 Å². The SMILES string of the molecule is COc1ccc(CC(C)CN(C)C(=O)C(N)CCSC)cc1. The van der Waals surface area contributed by atoms with Gasteiger partial charge in [-0.1, -0.05) is 19.1 Å². The van der Waals surface area contributed by atoms with Crippen molar-refractivity contribution in [3.63, 3.8) is 0 Å². The molecule has 1 aromatic carbocycles. The lowest BCUT2D eigenvalue weighted by molar-refractivity contribution is -0.131. The van der Waals surface area contributed by atoms with Crippen LogP contribution in [0.15, 0.2) is 24.3 Å². The van der Waals surface area contributed by atoms with E-state index in [1.165, 1.54) is 5.56 Å². The van der Waals surface area contributed by atoms with E-state index < -0.39 is 0 Å². The Hall–Kier alpha value is -1.20. The van der Waals surface area contributed by atoms with E-state index in [4.69, 9.17) is 10.5 Å². The zero-order chi connectivity index (χ0) is 16.5. The van der Waals surface area contributed by atoms with Gasteiger partial charge in [-0.15, -0.1) is 0 Å². The third-order valence-corrected chi connectivity index (χ3v) is 4.30. The number of amides is 1. The topological polar surface area (TPSA) is 55.6 Å². The minimum atomic E-state index is -0.384. The molecule has 1 rings (SSSR count). The van der Waals surface area contributed by atoms with E-state index in [9.17, 15) is 4.79 Å². The number of ether oxygens (including phenoxy) is 1. The van der Waals surface area contributed by atoms with Crippen molar-refractivity contribution in [2.75, 3.05) is 32.7 Å². The van der Waals surface area contributed by atoms with E-state index in [1.807, 2.05) is 25.4 Å². The summed E-state index contributed by atoms with van der Waals surface area (Å²) in [4.78, 5) is 14.0. The molecular weight excluding hydrogens is 296 g/mol. The van der Waals surface area contributed by atoms with Crippen molar-refractivity contribution in [1.29, 1.82) is 0 Å². The first-order chi connectivity index (χ1) is 10.5. The molecule has 0 radical (unpaired) electrons. The summed E-state index contributed by atoms with van der Waals surface area (Å²) < 4.78 is 5.16. The van der Waals surface area contributed by atoms with E-state index in [0.29, 0.717) is 5.92 Å². The molecule has 0 saturated heterocycles. The number of methoxy groups -OCH3 is 1. The molecule has 2 unspecified atom stereocenters. The van der Waals surface area contributed by atoms with Crippen molar-refractivity contribution in [2.24, 2.45) is 11.7 Å². The molecule has 2 N–H and O–H groups in total. The first-order valence-electron chi connectivity index (χ1n) is 7.60. The Balaban J connectivity index is 2.45. The van der Waals surface area contributed by atoms with Crippen LogP contribution in [0.3, 0.4) is 0 Å². The van der Waals surface area contributed by atoms with Crippen molar-refractivity contribution < 1.29 is 9.53 Å². The molecule has 0 aliphatic carbocycles. The lowest BCUT2D eigenvalue weighted by Crippen LogP contribution is -2.43. The second-order valence-corrected chi connectivity index (χ2v) is 6.75. The molecule has 0 spiro atoms. The molecule has 0 fully saturated rings. The smallest absolute Gasteiger partial charge is 0.239 e. The van der Waals surface area contributed by atoms with Crippen LogP contribution in [0, 0.1) is 5.92 Å². The standard InChI is InChI=1S/C17H28N2O2S/c1-13(11-14-5-7-15(21-3)8-6-14)12-19(2)17(20)16(18)9-10-22-4/h5-8,13,16H,9-12,18H2,1-4H3. The Morgan fingerprint density at radius 2 is 2.00 bits per heavy atom. The molecule has 0 aromatic heterocycles. The zero-order valence-corrected chi connectivity index (χ0v) is 14.9. The normalized spacial score (nSPS) is 13.5. The number of carbonyl (C=O) groups is 1. The second-order valence-electron chi connectivity index (χ2n) is 5.76. The highest BCUT2D eigenvalue weighted by molar-refractivity contribution is 7.98. The largest absolute Gasteiger partial charge is 0.497 e. The Kier molecular flexibility index (Phi) is 8.35. The van der Waals surface area contributed by atoms with Gasteiger partial charge in [0.25, 0.3) is 0 Å². The van der Waals surface area contributed by atoms with Crippen LogP contribution in [0.4, 0.5) is 0 Å². The fourth-order valence-electron chi connectivity index (χ4n) is 2.44. The summed E-state index contributed by atoms with van der Waals surface area (Å²) in [6.45, 7) is 2.87. The van der Waals surface area contributed by atoms with Crippen LogP contribution >= 0.6 is 11.8 Å². The molecule has 1 aromatic rings. The number of hydrogen-bond donors (Lipinski definition) is 1. The van der Waals surface area contributed by atoms with Crippen LogP contribution in [0.25, 0.3) is 0 Å². The van der Waals surface area contributed by atoms with Gasteiger partial charge in [0.15, 0.2) is 0 Å². The van der Waals surface area contributed by atoms with Gasteiger partial charge in [-0.2, -0.15) is 11.8 Å². The Morgan fingerprint density at radius 3 is 2.55 bits per heavy atom. The molecule has 2 atom stereocenters. The number of thioether (sulfide) groups is 1. The molecule has 4 nitrogen and oxygen atoms in total. The summed E-state index contributed by atoms with van der Waals surface area (Å²) in [6, 6.07) is 7.69. The molecule has 0 bridgehead atoms. The predicted molar refractivity (Wildman–Crippen MR) is 94.5 cm³/mol. The molecule has 0 aliphatic rings. The number of nitrogens with two attached hydrogens (primary N) is 1. The molecular formula is C17H28N2O2S. The van der Waals surface area contributed by atoms with Gasteiger partial charge in [-0.05, 0) is 48.5 Å². The van der Waals surface area contributed by atoms with Crippen molar-refractivity contribution in [3.05, 3.63) is 29.8 Å². The number of benzene rings is 1. The summed E-state index contributed by atoms with van der Waals surface area (Å²) in [7, 11) is 3.50. The monoisotopic (exact) mass is 324 g/mol. The highest BCUT2D eigenvalue weighted by Gasteiger charge is 2.19. The summed E-state index contributed by atoms with van der Waals surface area (Å²) in [6.07, 6.45) is 3.69. The van der Waals surface area contributed by atoms with E-state index in [-0.39, 0.29) is 11.9 Å². The number of likely N-dealkylation sites (N-methyl/N-ethyl adjacent to an activating group) is 1. The molecule has 0 saturated carbocycles. The second kappa shape index (κ2) is 9.74. The third-order valence-electron chi connectivity index (χ3n) is 3.66. The Morgan fingerprint density at radius 1 is 1.36 bits per heavy atom. The molecule has 5 heteroatoms. The van der Waals surface area contributed by atoms with Crippen molar-refractivity contribution in [3.8, 4) is 5.75 Å². The number of nitrogens with zero attached hydrogens (tertiary/aromatic N) is 1. The minimum Gasteiger partial charge on any atom is -0.497 e. The van der Waals surface area contributed by atoms with Crippen LogP contribution in [-0.2, 0) is 11.2 Å². The van der Waals surface area contributed by atoms with E-state index in [0.717, 1.165) is 30.9 Å². The molecule has 1 amide bonds. The Bertz CT molecular complexity index is 450. The maximum absolute atomic E-state index is 12.2. The molecule has 0 heterocycles. The fraction of sp³-hybridized carbons (Fsp3) is 0.588. The average Bonchev–Trinajstić information content (AvgIpc) is 2.52.